The number of carbonyl (C=O) groups is 1. The Labute approximate surface area is 171 Å². The first-order valence-electron chi connectivity index (χ1n) is 10.7. The molecule has 0 unspecified atom stereocenters. The molecule has 1 aliphatic heterocycles. The normalized spacial score (nSPS) is 16.9. The third kappa shape index (κ3) is 3.02. The highest BCUT2D eigenvalue weighted by molar-refractivity contribution is 5.99. The molecule has 4 heteroatoms. The van der Waals surface area contributed by atoms with E-state index in [1.165, 1.54) is 67.0 Å². The number of hydrogen-bond acceptors (Lipinski definition) is 3. The van der Waals surface area contributed by atoms with Crippen LogP contribution in [-0.2, 0) is 17.7 Å². The summed E-state index contributed by atoms with van der Waals surface area (Å²) in [5, 5.41) is 11.3. The van der Waals surface area contributed by atoms with E-state index in [9.17, 15) is 9.90 Å². The van der Waals surface area contributed by atoms with E-state index in [2.05, 4.69) is 16.7 Å². The lowest BCUT2D eigenvalue weighted by molar-refractivity contribution is 0.0601. The number of phenolic OH excluding ortho intramolecular Hbond substituents is 1. The maximum absolute atomic E-state index is 12.2. The molecule has 2 aliphatic rings. The number of benzene rings is 2. The summed E-state index contributed by atoms with van der Waals surface area (Å²) < 4.78 is 7.38. The summed E-state index contributed by atoms with van der Waals surface area (Å²) in [6.07, 6.45) is 8.28. The lowest BCUT2D eigenvalue weighted by atomic mass is 9.81. The van der Waals surface area contributed by atoms with Crippen molar-refractivity contribution in [2.45, 2.75) is 57.4 Å². The van der Waals surface area contributed by atoms with Gasteiger partial charge in [-0.25, -0.2) is 4.79 Å². The van der Waals surface area contributed by atoms with Crippen molar-refractivity contribution in [2.24, 2.45) is 0 Å². The number of aryl methyl sites for hydroxylation is 2. The highest BCUT2D eigenvalue weighted by Gasteiger charge is 2.29. The molecule has 0 bridgehead atoms. The number of nitrogens with zero attached hydrogens (tertiary/aromatic N) is 1. The first-order chi connectivity index (χ1) is 14.2. The molecule has 5 rings (SSSR count). The Hall–Kier alpha value is -2.75. The molecule has 3 aromatic rings. The second-order valence-corrected chi connectivity index (χ2v) is 8.42. The molecular formula is C25H27NO3. The minimum Gasteiger partial charge on any atom is -0.508 e. The zero-order chi connectivity index (χ0) is 20.0. The van der Waals surface area contributed by atoms with Gasteiger partial charge in [0.25, 0.3) is 0 Å². The van der Waals surface area contributed by atoms with Gasteiger partial charge in [-0.2, -0.15) is 0 Å². The Morgan fingerprint density at radius 3 is 2.69 bits per heavy atom. The molecule has 1 aliphatic carbocycles. The fourth-order valence-corrected chi connectivity index (χ4v) is 5.39. The lowest BCUT2D eigenvalue weighted by Gasteiger charge is -2.24. The standard InChI is InChI=1S/C25H27NO3/c1-29-25(28)18-9-11-21-22(15-18)26-13-5-8-17-14-19(27)10-12-20(17)24(26)23(21)16-6-3-2-4-7-16/h9-12,14-16,27H,2-8,13H2,1H3. The third-order valence-corrected chi connectivity index (χ3v) is 6.71. The minimum atomic E-state index is -0.291. The Morgan fingerprint density at radius 2 is 1.90 bits per heavy atom. The smallest absolute Gasteiger partial charge is 0.337 e. The number of hydrogen-bond donors (Lipinski definition) is 1. The maximum Gasteiger partial charge on any atom is 0.337 e. The van der Waals surface area contributed by atoms with E-state index >= 15 is 0 Å². The number of rotatable bonds is 2. The predicted octanol–water partition coefficient (Wildman–Crippen LogP) is 5.79. The number of carbonyl (C=O) groups excluding carboxylic acids is 1. The van der Waals surface area contributed by atoms with E-state index in [1.807, 2.05) is 18.2 Å². The van der Waals surface area contributed by atoms with E-state index in [1.54, 1.807) is 6.07 Å². The third-order valence-electron chi connectivity index (χ3n) is 6.71. The van der Waals surface area contributed by atoms with Gasteiger partial charge in [-0.05, 0) is 73.1 Å². The van der Waals surface area contributed by atoms with Crippen molar-refractivity contribution in [1.82, 2.24) is 4.57 Å². The van der Waals surface area contributed by atoms with Gasteiger partial charge in [0, 0.05) is 23.0 Å². The number of aromatic nitrogens is 1. The summed E-state index contributed by atoms with van der Waals surface area (Å²) in [4.78, 5) is 12.2. The van der Waals surface area contributed by atoms with Crippen molar-refractivity contribution >= 4 is 16.9 Å². The minimum absolute atomic E-state index is 0.291. The number of esters is 1. The van der Waals surface area contributed by atoms with E-state index in [0.29, 0.717) is 17.2 Å². The topological polar surface area (TPSA) is 51.5 Å². The van der Waals surface area contributed by atoms with E-state index in [-0.39, 0.29) is 5.97 Å². The van der Waals surface area contributed by atoms with Gasteiger partial charge in [-0.15, -0.1) is 0 Å². The van der Waals surface area contributed by atoms with Crippen molar-refractivity contribution in [3.05, 3.63) is 53.1 Å². The van der Waals surface area contributed by atoms with Crippen molar-refractivity contribution in [1.29, 1.82) is 0 Å². The summed E-state index contributed by atoms with van der Waals surface area (Å²) >= 11 is 0. The van der Waals surface area contributed by atoms with Crippen molar-refractivity contribution < 1.29 is 14.6 Å². The summed E-state index contributed by atoms with van der Waals surface area (Å²) in [6.45, 7) is 0.915. The first kappa shape index (κ1) is 18.3. The van der Waals surface area contributed by atoms with Gasteiger partial charge < -0.3 is 14.4 Å². The van der Waals surface area contributed by atoms with Crippen LogP contribution in [0.5, 0.6) is 5.75 Å². The Kier molecular flexibility index (Phi) is 4.57. The molecule has 0 saturated heterocycles. The molecule has 150 valence electrons. The fraction of sp³-hybridized carbons (Fsp3) is 0.400. The summed E-state index contributed by atoms with van der Waals surface area (Å²) in [5.41, 5.74) is 6.91. The highest BCUT2D eigenvalue weighted by atomic mass is 16.5. The molecule has 29 heavy (non-hydrogen) atoms. The van der Waals surface area contributed by atoms with Crippen molar-refractivity contribution in [3.8, 4) is 17.0 Å². The number of ether oxygens (including phenoxy) is 1. The zero-order valence-electron chi connectivity index (χ0n) is 16.9. The van der Waals surface area contributed by atoms with Gasteiger partial charge in [0.2, 0.25) is 0 Å². The number of phenols is 1. The number of fused-ring (bicyclic) bond motifs is 5. The van der Waals surface area contributed by atoms with Crippen molar-refractivity contribution in [2.75, 3.05) is 7.11 Å². The molecule has 1 N–H and O–H groups in total. The number of aromatic hydroxyl groups is 1. The molecule has 2 heterocycles. The van der Waals surface area contributed by atoms with Crippen LogP contribution in [0.2, 0.25) is 0 Å². The molecule has 0 atom stereocenters. The molecule has 1 fully saturated rings. The second kappa shape index (κ2) is 7.25. The van der Waals surface area contributed by atoms with Crippen LogP contribution >= 0.6 is 0 Å². The average Bonchev–Trinajstić information content (AvgIpc) is 2.95. The Morgan fingerprint density at radius 1 is 1.07 bits per heavy atom. The molecule has 0 radical (unpaired) electrons. The molecule has 0 spiro atoms. The summed E-state index contributed by atoms with van der Waals surface area (Å²) in [6, 6.07) is 11.8. The van der Waals surface area contributed by atoms with Crippen molar-refractivity contribution in [3.63, 3.8) is 0 Å². The fourth-order valence-electron chi connectivity index (χ4n) is 5.39. The van der Waals surface area contributed by atoms with Crippen LogP contribution in [0, 0.1) is 0 Å². The van der Waals surface area contributed by atoms with Crippen LogP contribution in [0.1, 0.15) is 65.9 Å². The van der Waals surface area contributed by atoms with Gasteiger partial charge in [0.05, 0.1) is 18.4 Å². The average molecular weight is 389 g/mol. The summed E-state index contributed by atoms with van der Waals surface area (Å²) in [7, 11) is 1.43. The SMILES string of the molecule is COC(=O)c1ccc2c(C3CCCCC3)c3n(c2c1)CCCc1cc(O)ccc1-3. The Bertz CT molecular complexity index is 1090. The van der Waals surface area contributed by atoms with Crippen LogP contribution < -0.4 is 0 Å². The van der Waals surface area contributed by atoms with Gasteiger partial charge in [-0.3, -0.25) is 0 Å². The molecule has 1 aromatic heterocycles. The van der Waals surface area contributed by atoms with Crippen LogP contribution in [0.4, 0.5) is 0 Å². The lowest BCUT2D eigenvalue weighted by Crippen LogP contribution is -2.06. The molecule has 0 amide bonds. The second-order valence-electron chi connectivity index (χ2n) is 8.42. The van der Waals surface area contributed by atoms with Gasteiger partial charge >= 0.3 is 5.97 Å². The van der Waals surface area contributed by atoms with E-state index in [4.69, 9.17) is 4.74 Å². The van der Waals surface area contributed by atoms with Crippen LogP contribution in [0.15, 0.2) is 36.4 Å². The molecule has 1 saturated carbocycles. The zero-order valence-corrected chi connectivity index (χ0v) is 16.9. The summed E-state index contributed by atoms with van der Waals surface area (Å²) in [5.74, 6) is 0.590. The van der Waals surface area contributed by atoms with E-state index in [0.717, 1.165) is 24.9 Å². The van der Waals surface area contributed by atoms with Crippen LogP contribution in [-0.4, -0.2) is 22.8 Å². The van der Waals surface area contributed by atoms with E-state index < -0.39 is 0 Å². The van der Waals surface area contributed by atoms with Crippen LogP contribution in [0.25, 0.3) is 22.2 Å². The Balaban J connectivity index is 1.81. The predicted molar refractivity (Wildman–Crippen MR) is 115 cm³/mol. The van der Waals surface area contributed by atoms with Gasteiger partial charge in [0.1, 0.15) is 5.75 Å². The van der Waals surface area contributed by atoms with Crippen LogP contribution in [0.3, 0.4) is 0 Å². The molecular weight excluding hydrogens is 362 g/mol. The molecule has 2 aromatic carbocycles. The number of methoxy groups -OCH3 is 1. The highest BCUT2D eigenvalue weighted by Crippen LogP contribution is 2.46. The largest absolute Gasteiger partial charge is 0.508 e. The first-order valence-corrected chi connectivity index (χ1v) is 10.7. The maximum atomic E-state index is 12.2. The van der Waals surface area contributed by atoms with Gasteiger partial charge in [0.15, 0.2) is 0 Å². The molecule has 4 nitrogen and oxygen atoms in total. The monoisotopic (exact) mass is 389 g/mol. The quantitative estimate of drug-likeness (QED) is 0.564. The van der Waals surface area contributed by atoms with Gasteiger partial charge in [-0.1, -0.05) is 25.3 Å².